The second-order valence-electron chi connectivity index (χ2n) is 5.91. The fourth-order valence-corrected chi connectivity index (χ4v) is 4.23. The van der Waals surface area contributed by atoms with Gasteiger partial charge < -0.3 is 9.22 Å². The quantitative estimate of drug-likeness (QED) is 0.563. The van der Waals surface area contributed by atoms with Crippen LogP contribution in [-0.2, 0) is 9.22 Å². The summed E-state index contributed by atoms with van der Waals surface area (Å²) in [5, 5.41) is 0.225. The Balaban J connectivity index is 2.70. The largest absolute Gasteiger partial charge is 0.409 e. The van der Waals surface area contributed by atoms with Crippen LogP contribution in [0, 0.1) is 0 Å². The van der Waals surface area contributed by atoms with Crippen molar-refractivity contribution in [3.63, 3.8) is 0 Å². The van der Waals surface area contributed by atoms with Crippen LogP contribution < -0.4 is 0 Å². The molecule has 0 saturated carbocycles. The lowest BCUT2D eigenvalue weighted by Crippen LogP contribution is -2.56. The van der Waals surface area contributed by atoms with Crippen molar-refractivity contribution in [2.75, 3.05) is 11.5 Å². The van der Waals surface area contributed by atoms with Crippen LogP contribution >= 0.6 is 11.8 Å². The molecule has 0 bridgehead atoms. The van der Waals surface area contributed by atoms with Crippen molar-refractivity contribution >= 4 is 26.4 Å². The maximum Gasteiger partial charge on any atom is 0.192 e. The van der Waals surface area contributed by atoms with Crippen LogP contribution in [0.2, 0.25) is 18.1 Å². The van der Waals surface area contributed by atoms with Crippen molar-refractivity contribution in [1.29, 1.82) is 0 Å². The van der Waals surface area contributed by atoms with Crippen molar-refractivity contribution in [3.05, 3.63) is 0 Å². The van der Waals surface area contributed by atoms with Gasteiger partial charge in [-0.1, -0.05) is 20.8 Å². The number of hydrogen-bond acceptors (Lipinski definition) is 3. The summed E-state index contributed by atoms with van der Waals surface area (Å²) >= 11 is 1.87. The third-order valence-corrected chi connectivity index (χ3v) is 9.48. The zero-order chi connectivity index (χ0) is 11.7. The van der Waals surface area contributed by atoms with Gasteiger partial charge in [0.05, 0.1) is 5.60 Å². The summed E-state index contributed by atoms with van der Waals surface area (Å²) in [5.41, 5.74) is -0.130. The third kappa shape index (κ3) is 2.86. The van der Waals surface area contributed by atoms with Gasteiger partial charge in [-0.25, -0.2) is 0 Å². The highest BCUT2D eigenvalue weighted by atomic mass is 32.2. The molecular weight excluding hydrogens is 224 g/mol. The van der Waals surface area contributed by atoms with Gasteiger partial charge in [0.2, 0.25) is 0 Å². The zero-order valence-electron chi connectivity index (χ0n) is 10.4. The molecule has 1 saturated heterocycles. The van der Waals surface area contributed by atoms with E-state index in [0.717, 1.165) is 17.8 Å². The lowest BCUT2D eigenvalue weighted by atomic mass is 10.1. The maximum absolute atomic E-state index is 10.7. The highest BCUT2D eigenvalue weighted by Gasteiger charge is 2.47. The normalized spacial score (nSPS) is 20.9. The molecule has 2 nitrogen and oxygen atoms in total. The monoisotopic (exact) mass is 246 g/mol. The molecule has 1 rings (SSSR count). The molecule has 88 valence electrons. The molecule has 0 N–H and O–H groups in total. The summed E-state index contributed by atoms with van der Waals surface area (Å²) in [4.78, 5) is 10.7. The number of thioether (sulfide) groups is 1. The molecule has 0 aliphatic carbocycles. The van der Waals surface area contributed by atoms with Gasteiger partial charge in [-0.2, -0.15) is 11.8 Å². The number of carbonyl (C=O) groups is 1. The smallest absolute Gasteiger partial charge is 0.192 e. The van der Waals surface area contributed by atoms with Gasteiger partial charge in [-0.3, -0.25) is 0 Å². The zero-order valence-corrected chi connectivity index (χ0v) is 12.2. The van der Waals surface area contributed by atoms with E-state index in [1.54, 1.807) is 0 Å². The van der Waals surface area contributed by atoms with Crippen molar-refractivity contribution in [1.82, 2.24) is 0 Å². The summed E-state index contributed by atoms with van der Waals surface area (Å²) < 4.78 is 6.35. The maximum atomic E-state index is 10.7. The second kappa shape index (κ2) is 4.22. The highest BCUT2D eigenvalue weighted by Crippen LogP contribution is 2.44. The minimum atomic E-state index is -1.72. The van der Waals surface area contributed by atoms with E-state index in [1.807, 2.05) is 11.8 Å². The number of rotatable bonds is 4. The molecule has 0 aromatic carbocycles. The molecule has 1 aliphatic heterocycles. The molecule has 0 radical (unpaired) electrons. The van der Waals surface area contributed by atoms with Gasteiger partial charge in [0.25, 0.3) is 0 Å². The Labute approximate surface area is 98.3 Å². The van der Waals surface area contributed by atoms with Crippen LogP contribution in [0.4, 0.5) is 0 Å². The van der Waals surface area contributed by atoms with Crippen LogP contribution in [0.1, 0.15) is 27.2 Å². The van der Waals surface area contributed by atoms with E-state index in [2.05, 4.69) is 33.9 Å². The van der Waals surface area contributed by atoms with Crippen molar-refractivity contribution in [3.8, 4) is 0 Å². The molecule has 0 unspecified atom stereocenters. The lowest BCUT2D eigenvalue weighted by molar-refractivity contribution is -0.110. The van der Waals surface area contributed by atoms with Crippen LogP contribution in [0.15, 0.2) is 0 Å². The third-order valence-electron chi connectivity index (χ3n) is 3.46. The Morgan fingerprint density at radius 1 is 1.40 bits per heavy atom. The highest BCUT2D eigenvalue weighted by molar-refractivity contribution is 8.00. The first-order valence-corrected chi connectivity index (χ1v) is 9.50. The molecule has 0 spiro atoms. The first-order valence-electron chi connectivity index (χ1n) is 5.44. The predicted octanol–water partition coefficient (Wildman–Crippen LogP) is 3.08. The summed E-state index contributed by atoms with van der Waals surface area (Å²) in [7, 11) is -1.72. The fraction of sp³-hybridized carbons (Fsp3) is 0.909. The number of aldehydes is 1. The van der Waals surface area contributed by atoms with Crippen LogP contribution in [0.3, 0.4) is 0 Å². The number of hydrogen-bond donors (Lipinski definition) is 0. The fourth-order valence-electron chi connectivity index (χ4n) is 1.39. The Morgan fingerprint density at radius 2 is 1.93 bits per heavy atom. The molecule has 0 aromatic heterocycles. The van der Waals surface area contributed by atoms with Gasteiger partial charge in [-0.05, 0) is 18.1 Å². The van der Waals surface area contributed by atoms with Gasteiger partial charge in [-0.15, -0.1) is 0 Å². The molecule has 1 fully saturated rings. The van der Waals surface area contributed by atoms with Gasteiger partial charge in [0.1, 0.15) is 6.29 Å². The topological polar surface area (TPSA) is 26.3 Å². The first kappa shape index (κ1) is 13.3. The molecule has 1 aliphatic rings. The molecule has 1 heterocycles. The average molecular weight is 246 g/mol. The van der Waals surface area contributed by atoms with Crippen molar-refractivity contribution < 1.29 is 9.22 Å². The lowest BCUT2D eigenvalue weighted by Gasteiger charge is -2.49. The van der Waals surface area contributed by atoms with Crippen LogP contribution in [0.5, 0.6) is 0 Å². The van der Waals surface area contributed by atoms with Gasteiger partial charge in [0, 0.05) is 17.9 Å². The molecular formula is C11H22O2SSi. The average Bonchev–Trinajstić information content (AvgIpc) is 1.98. The van der Waals surface area contributed by atoms with E-state index in [0.29, 0.717) is 6.42 Å². The summed E-state index contributed by atoms with van der Waals surface area (Å²) in [6.07, 6.45) is 1.57. The SMILES string of the molecule is CC(C)(C)[Si](C)(C)OC1(CC=O)CSC1. The minimum Gasteiger partial charge on any atom is -0.409 e. The molecule has 0 amide bonds. The predicted molar refractivity (Wildman–Crippen MR) is 69.0 cm³/mol. The minimum absolute atomic E-state index is 0.130. The Hall–Kier alpha value is 0.197. The summed E-state index contributed by atoms with van der Waals surface area (Å²) in [6.45, 7) is 11.2. The molecule has 0 atom stereocenters. The Kier molecular flexibility index (Phi) is 3.73. The van der Waals surface area contributed by atoms with Gasteiger partial charge >= 0.3 is 0 Å². The first-order chi connectivity index (χ1) is 6.72. The Bertz CT molecular complexity index is 241. The van der Waals surface area contributed by atoms with E-state index >= 15 is 0 Å². The van der Waals surface area contributed by atoms with Crippen LogP contribution in [0.25, 0.3) is 0 Å². The molecule has 0 aromatic rings. The Morgan fingerprint density at radius 3 is 2.20 bits per heavy atom. The summed E-state index contributed by atoms with van der Waals surface area (Å²) in [6, 6.07) is 0. The van der Waals surface area contributed by atoms with Crippen molar-refractivity contribution in [2.45, 2.75) is 50.9 Å². The standard InChI is InChI=1S/C11H22O2SSi/c1-10(2,3)15(4,5)13-11(6-7-12)8-14-9-11/h7H,6,8-9H2,1-5H3. The van der Waals surface area contributed by atoms with Crippen LogP contribution in [-0.4, -0.2) is 31.7 Å². The van der Waals surface area contributed by atoms with E-state index < -0.39 is 8.32 Å². The van der Waals surface area contributed by atoms with E-state index in [4.69, 9.17) is 4.43 Å². The second-order valence-corrected chi connectivity index (χ2v) is 11.6. The van der Waals surface area contributed by atoms with Crippen molar-refractivity contribution in [2.24, 2.45) is 0 Å². The summed E-state index contributed by atoms with van der Waals surface area (Å²) in [5.74, 6) is 1.97. The van der Waals surface area contributed by atoms with Gasteiger partial charge in [0.15, 0.2) is 8.32 Å². The number of carbonyl (C=O) groups excluding carboxylic acids is 1. The van der Waals surface area contributed by atoms with E-state index in [-0.39, 0.29) is 10.6 Å². The molecule has 15 heavy (non-hydrogen) atoms. The van der Waals surface area contributed by atoms with E-state index in [1.165, 1.54) is 0 Å². The van der Waals surface area contributed by atoms with E-state index in [9.17, 15) is 4.79 Å². The molecule has 4 heteroatoms.